The maximum atomic E-state index is 11.8. The Morgan fingerprint density at radius 1 is 0.326 bits per heavy atom. The van der Waals surface area contributed by atoms with E-state index in [4.69, 9.17) is 73.0 Å². The molecule has 40 heteroatoms. The molecule has 21 rings (SSSR count). The predicted molar refractivity (Wildman–Crippen MR) is 283 cm³/mol. The predicted octanol–water partition coefficient (Wildman–Crippen LogP) is -14.3. The van der Waals surface area contributed by atoms with Crippen LogP contribution in [0.15, 0.2) is 0 Å². The summed E-state index contributed by atoms with van der Waals surface area (Å²) in [5.74, 6) is -4.99. The van der Waals surface area contributed by atoms with Crippen molar-refractivity contribution in [3.8, 4) is 0 Å². The maximum absolute atomic E-state index is 11.8. The quantitative estimate of drug-likeness (QED) is 0.0724. The van der Waals surface area contributed by atoms with Crippen LogP contribution in [0, 0.1) is 5.92 Å². The SMILES string of the molecule is N[C@H](CSCC1C[C@@H]2O[C@@H]3C(CO)O[C@H](O[C@@H]4C(CO)O[C@H](O[C@@H]5C(CSC[C@@H](N)C(=O)O)O[C@H](O[C@@H]6C(CO)O[C@H](O[C@@H]7C(CO)O[C@H](O[C@@H]8C(CO)O[C@H](O[C@H]1[C@H](O)C2O)C(O)[C@H]8O)C(O)[C@H]7O)C(O)[C@H]6O)C(O)[C@H]5O)C(O)[C@H]4O)C(O)[C@H]3O)C(=O)O. The third-order valence-electron chi connectivity index (χ3n) is 16.7. The number of thioether (sulfide) groups is 2. The summed E-state index contributed by atoms with van der Waals surface area (Å²) in [6.45, 7) is -5.31. The number of rotatable bonds is 15. The molecule has 21 aliphatic rings. The molecule has 25 N–H and O–H groups in total. The number of hydrogen-bond acceptors (Lipinski definition) is 38. The van der Waals surface area contributed by atoms with Gasteiger partial charge in [-0.3, -0.25) is 9.59 Å². The first kappa shape index (κ1) is 73.1. The van der Waals surface area contributed by atoms with Gasteiger partial charge in [0.25, 0.3) is 0 Å². The Kier molecular flexibility index (Phi) is 26.2. The molecular weight excluding hydrogens is 1260 g/mol. The molecule has 516 valence electrons. The zero-order valence-corrected chi connectivity index (χ0v) is 48.6. The number of nitrogens with two attached hydrogens (primary N) is 2. The number of ether oxygens (including phenoxy) is 13. The normalized spacial score (nSPS) is 50.1. The fraction of sp³-hybridized carbons (Fsp3) is 0.959. The van der Waals surface area contributed by atoms with Crippen LogP contribution in [0.5, 0.6) is 0 Å². The lowest BCUT2D eigenvalue weighted by molar-refractivity contribution is -0.394. The van der Waals surface area contributed by atoms with E-state index in [0.29, 0.717) is 0 Å². The molecule has 0 radical (unpaired) electrons. The van der Waals surface area contributed by atoms with Gasteiger partial charge in [-0.2, -0.15) is 23.5 Å². The Morgan fingerprint density at radius 2 is 0.562 bits per heavy atom. The van der Waals surface area contributed by atoms with Crippen molar-refractivity contribution < 1.29 is 178 Å². The molecule has 14 bridgehead atoms. The van der Waals surface area contributed by atoms with Crippen LogP contribution in [-0.2, 0) is 71.2 Å². The van der Waals surface area contributed by atoms with Gasteiger partial charge in [-0.25, -0.2) is 0 Å². The number of carboxylic acids is 2. The number of aliphatic carboxylic acids is 2. The zero-order valence-electron chi connectivity index (χ0n) is 46.9. The van der Waals surface area contributed by atoms with Gasteiger partial charge in [-0.05, 0) is 18.1 Å². The maximum Gasteiger partial charge on any atom is 0.321 e. The molecule has 0 aromatic heterocycles. The third kappa shape index (κ3) is 15.9. The van der Waals surface area contributed by atoms with Crippen molar-refractivity contribution in [1.82, 2.24) is 0 Å². The minimum Gasteiger partial charge on any atom is -0.480 e. The van der Waals surface area contributed by atoms with Gasteiger partial charge in [0.1, 0.15) is 165 Å². The van der Waals surface area contributed by atoms with E-state index in [9.17, 15) is 117 Å². The monoisotopic (exact) mass is 1340 g/mol. The Bertz CT molecular complexity index is 2200. The van der Waals surface area contributed by atoms with Gasteiger partial charge in [0.15, 0.2) is 37.7 Å². The Balaban J connectivity index is 1.11. The van der Waals surface area contributed by atoms with Crippen LogP contribution < -0.4 is 11.5 Å². The Labute approximate surface area is 513 Å². The van der Waals surface area contributed by atoms with E-state index >= 15 is 0 Å². The van der Waals surface area contributed by atoms with Crippen molar-refractivity contribution in [2.24, 2.45) is 17.4 Å². The van der Waals surface area contributed by atoms with E-state index in [1.807, 2.05) is 0 Å². The van der Waals surface area contributed by atoms with E-state index in [1.54, 1.807) is 0 Å². The molecule has 0 spiro atoms. The van der Waals surface area contributed by atoms with Crippen molar-refractivity contribution in [2.75, 3.05) is 56.0 Å². The molecule has 20 aliphatic heterocycles. The van der Waals surface area contributed by atoms with Crippen LogP contribution in [0.4, 0.5) is 0 Å². The van der Waals surface area contributed by atoms with E-state index in [2.05, 4.69) is 0 Å². The average Bonchev–Trinajstić information content (AvgIpc) is 0.983. The highest BCUT2D eigenvalue weighted by Crippen LogP contribution is 2.41. The first-order chi connectivity index (χ1) is 42.2. The number of carbonyl (C=O) groups is 2. The highest BCUT2D eigenvalue weighted by Gasteiger charge is 2.59. The van der Waals surface area contributed by atoms with Gasteiger partial charge < -0.3 is 180 Å². The largest absolute Gasteiger partial charge is 0.480 e. The molecule has 0 amide bonds. The van der Waals surface area contributed by atoms with Crippen LogP contribution in [0.2, 0.25) is 0 Å². The molecule has 0 aromatic carbocycles. The van der Waals surface area contributed by atoms with Gasteiger partial charge in [0.2, 0.25) is 0 Å². The molecule has 1 aliphatic carbocycles. The first-order valence-corrected chi connectivity index (χ1v) is 30.7. The first-order valence-electron chi connectivity index (χ1n) is 28.4. The van der Waals surface area contributed by atoms with E-state index in [1.165, 1.54) is 0 Å². The van der Waals surface area contributed by atoms with E-state index in [-0.39, 0.29) is 29.4 Å². The van der Waals surface area contributed by atoms with Crippen LogP contribution in [0.25, 0.3) is 0 Å². The lowest BCUT2D eigenvalue weighted by Gasteiger charge is -2.50. The second kappa shape index (κ2) is 31.9. The molecule has 14 unspecified atom stereocenters. The van der Waals surface area contributed by atoms with Crippen molar-refractivity contribution in [1.29, 1.82) is 0 Å². The fourth-order valence-corrected chi connectivity index (χ4v) is 13.9. The van der Waals surface area contributed by atoms with E-state index in [0.717, 1.165) is 23.5 Å². The fourth-order valence-electron chi connectivity index (χ4n) is 11.7. The van der Waals surface area contributed by atoms with Gasteiger partial charge in [-0.1, -0.05) is 0 Å². The Hall–Kier alpha value is -1.72. The smallest absolute Gasteiger partial charge is 0.321 e. The molecule has 20 heterocycles. The summed E-state index contributed by atoms with van der Waals surface area (Å²) < 4.78 is 76.2. The van der Waals surface area contributed by atoms with Crippen molar-refractivity contribution >= 4 is 35.5 Å². The van der Waals surface area contributed by atoms with Gasteiger partial charge in [0.05, 0.1) is 51.3 Å². The molecular formula is C49H82N2O36S2. The summed E-state index contributed by atoms with van der Waals surface area (Å²) in [5, 5.41) is 234. The van der Waals surface area contributed by atoms with Crippen LogP contribution in [0.3, 0.4) is 0 Å². The van der Waals surface area contributed by atoms with Gasteiger partial charge >= 0.3 is 11.9 Å². The average molecular weight is 1340 g/mol. The molecule has 38 nitrogen and oxygen atoms in total. The molecule has 37 atom stereocenters. The second-order valence-electron chi connectivity index (χ2n) is 22.7. The summed E-state index contributed by atoms with van der Waals surface area (Å²) in [7, 11) is 0. The summed E-state index contributed by atoms with van der Waals surface area (Å²) in [6.07, 6.45) is -68.3. The highest BCUT2D eigenvalue weighted by atomic mass is 32.2. The molecule has 0 aromatic rings. The third-order valence-corrected chi connectivity index (χ3v) is 19.2. The van der Waals surface area contributed by atoms with Crippen LogP contribution in [-0.4, -0.2) is 396 Å². The summed E-state index contributed by atoms with van der Waals surface area (Å²) in [6, 6.07) is -2.87. The lowest BCUT2D eigenvalue weighted by atomic mass is 9.81. The summed E-state index contributed by atoms with van der Waals surface area (Å²) in [5.41, 5.74) is 11.4. The van der Waals surface area contributed by atoms with E-state index < -0.39 is 272 Å². The minimum absolute atomic E-state index is 0.169. The standard InChI is InChI=1S/C49H82N2O36S2/c50-12(42(71)72)8-88-7-11-1-14-21(57)22(58)35(11)82-44-30(66)24(60)37(16(3-53)77-44)84-46-31(67)25(61)38(17(4-54)78-46)85-47-32(68)26(62)40(19(6-56)79-47)86-49-34(70)28(64)41(20(81-49)10-89-9-13(51)43(73)74)87-48-33(69)27(63)39(18(5-55)80-48)83-45-29(65)23(59)36(75-14)15(2-52)76-45/h11-41,44-49,52-70H,1-10,50-51H2,(H,71,72)(H,73,74)/t11?,12-,13-,14+,15?,16?,17?,18?,19?,20?,21?,22-,23-,24-,25-,26-,27-,28-,29?,30?,31?,32?,33?,34?,35-,36-,37-,38-,39-,40-,41-,44-,45-,46-,47-,48-,49-/m1/s1. The Morgan fingerprint density at radius 3 is 0.843 bits per heavy atom. The lowest BCUT2D eigenvalue weighted by Crippen LogP contribution is -2.68. The topological polar surface area (TPSA) is 631 Å². The molecule has 20 saturated heterocycles. The highest BCUT2D eigenvalue weighted by molar-refractivity contribution is 7.99. The number of aliphatic hydroxyl groups excluding tert-OH is 19. The van der Waals surface area contributed by atoms with Crippen molar-refractivity contribution in [3.63, 3.8) is 0 Å². The zero-order chi connectivity index (χ0) is 65.2. The summed E-state index contributed by atoms with van der Waals surface area (Å²) >= 11 is 1.73. The van der Waals surface area contributed by atoms with Gasteiger partial charge in [-0.15, -0.1) is 0 Å². The molecule has 89 heavy (non-hydrogen) atoms. The minimum atomic E-state index is -2.25. The molecule has 1 saturated carbocycles. The number of aliphatic hydroxyl groups is 19. The number of hydrogen-bond donors (Lipinski definition) is 23. The molecule has 21 fully saturated rings. The van der Waals surface area contributed by atoms with Gasteiger partial charge in [0, 0.05) is 17.3 Å². The second-order valence-corrected chi connectivity index (χ2v) is 24.9. The number of carboxylic acid groups (broad SMARTS) is 2. The van der Waals surface area contributed by atoms with Crippen molar-refractivity contribution in [3.05, 3.63) is 0 Å². The van der Waals surface area contributed by atoms with Crippen molar-refractivity contribution in [2.45, 2.75) is 227 Å². The van der Waals surface area contributed by atoms with Crippen LogP contribution in [0.1, 0.15) is 6.42 Å². The summed E-state index contributed by atoms with van der Waals surface area (Å²) in [4.78, 5) is 23.2. The van der Waals surface area contributed by atoms with Crippen LogP contribution >= 0.6 is 23.5 Å².